The first kappa shape index (κ1) is 39.5. The molecule has 0 N–H and O–H groups in total. The molecule has 5 aromatic rings. The fraction of sp³-hybridized carbons (Fsp3) is 0.0909. The monoisotopic (exact) mass is 662 g/mol. The maximum Gasteiger partial charge on any atom is 0.416 e. The summed E-state index contributed by atoms with van der Waals surface area (Å²) >= 11 is 16.5. The molecule has 0 unspecified atom stereocenters. The van der Waals surface area contributed by atoms with Crippen LogP contribution in [-0.2, 0) is 6.18 Å². The minimum absolute atomic E-state index is 0. The normalized spacial score (nSPS) is 9.56. The zero-order chi connectivity index (χ0) is 31.5. The van der Waals surface area contributed by atoms with Gasteiger partial charge in [0.05, 0.1) is 5.56 Å². The molecule has 0 atom stereocenters. The van der Waals surface area contributed by atoms with E-state index < -0.39 is 23.4 Å². The average Bonchev–Trinajstić information content (AvgIpc) is 2.90. The standard InChI is InChI=1S/C8H7F3.C6H4Cl2.C6H4ClF.C6H4F2.C6H5F.CH4/c1-6-3-2-4-7(5-6)8(9,10)11;3*7-5-2-1-3-6(8)4-5;7-6-4-2-1-3-5-6;/h2-5H,1H3;3*1-4H;1-5H;1H4. The highest BCUT2D eigenvalue weighted by Gasteiger charge is 2.29. The average molecular weight is 664 g/mol. The zero-order valence-electron chi connectivity index (χ0n) is 21.9. The molecular weight excluding hydrogens is 636 g/mol. The maximum atomic E-state index is 12.1. The van der Waals surface area contributed by atoms with E-state index in [1.54, 1.807) is 61.5 Å². The summed E-state index contributed by atoms with van der Waals surface area (Å²) in [5, 5.41) is 1.79. The van der Waals surface area contributed by atoms with Gasteiger partial charge in [-0.05, 0) is 73.7 Å². The van der Waals surface area contributed by atoms with Crippen LogP contribution in [0.1, 0.15) is 18.6 Å². The van der Waals surface area contributed by atoms with E-state index in [1.165, 1.54) is 48.5 Å². The maximum absolute atomic E-state index is 12.1. The first-order valence-corrected chi connectivity index (χ1v) is 13.0. The Balaban J connectivity index is 0.000000514. The van der Waals surface area contributed by atoms with Gasteiger partial charge in [-0.3, -0.25) is 0 Å². The Labute approximate surface area is 262 Å². The highest BCUT2D eigenvalue weighted by Crippen LogP contribution is 2.29. The molecule has 0 bridgehead atoms. The largest absolute Gasteiger partial charge is 0.416 e. The van der Waals surface area contributed by atoms with Gasteiger partial charge >= 0.3 is 6.18 Å². The first-order chi connectivity index (χ1) is 19.8. The van der Waals surface area contributed by atoms with Crippen LogP contribution in [0.4, 0.5) is 30.7 Å². The summed E-state index contributed by atoms with van der Waals surface area (Å²) in [4.78, 5) is 0. The summed E-state index contributed by atoms with van der Waals surface area (Å²) in [6.45, 7) is 1.63. The Kier molecular flexibility index (Phi) is 19.5. The summed E-state index contributed by atoms with van der Waals surface area (Å²) in [5.41, 5.74) is 0.0392. The molecule has 0 amide bonds. The minimum atomic E-state index is -4.22. The molecule has 5 aromatic carbocycles. The van der Waals surface area contributed by atoms with Crippen LogP contribution in [0.15, 0.2) is 127 Å². The number of alkyl halides is 3. The molecule has 0 aliphatic rings. The van der Waals surface area contributed by atoms with Crippen molar-refractivity contribution in [2.75, 3.05) is 0 Å². The number of halogens is 10. The van der Waals surface area contributed by atoms with Gasteiger partial charge in [-0.25, -0.2) is 17.6 Å². The lowest BCUT2D eigenvalue weighted by Crippen LogP contribution is -2.04. The van der Waals surface area contributed by atoms with Crippen LogP contribution in [0.25, 0.3) is 0 Å². The Morgan fingerprint density at radius 2 is 0.837 bits per heavy atom. The van der Waals surface area contributed by atoms with Crippen LogP contribution < -0.4 is 0 Å². The molecule has 0 aliphatic carbocycles. The van der Waals surface area contributed by atoms with Gasteiger partial charge in [0.15, 0.2) is 0 Å². The van der Waals surface area contributed by atoms with Gasteiger partial charge < -0.3 is 0 Å². The fourth-order valence-electron chi connectivity index (χ4n) is 2.62. The molecule has 10 heteroatoms. The summed E-state index contributed by atoms with van der Waals surface area (Å²) in [6, 6.07) is 30.6. The van der Waals surface area contributed by atoms with Crippen molar-refractivity contribution in [3.63, 3.8) is 0 Å². The van der Waals surface area contributed by atoms with E-state index in [2.05, 4.69) is 0 Å². The molecule has 0 saturated carbocycles. The van der Waals surface area contributed by atoms with Crippen molar-refractivity contribution in [1.29, 1.82) is 0 Å². The van der Waals surface area contributed by atoms with Crippen LogP contribution in [0.3, 0.4) is 0 Å². The van der Waals surface area contributed by atoms with E-state index in [-0.39, 0.29) is 19.1 Å². The van der Waals surface area contributed by atoms with Gasteiger partial charge in [0.25, 0.3) is 0 Å². The SMILES string of the molecule is C.Cc1cccc(C(F)(F)F)c1.Clc1cccc(Cl)c1.Fc1cccc(Cl)c1.Fc1cccc(F)c1.Fc1ccccc1. The molecule has 5 rings (SSSR count). The fourth-order valence-corrected chi connectivity index (χ4v) is 3.23. The number of hydrogen-bond acceptors (Lipinski definition) is 0. The number of aryl methyl sites for hydroxylation is 1. The lowest BCUT2D eigenvalue weighted by molar-refractivity contribution is -0.137. The Bertz CT molecular complexity index is 1310. The summed E-state index contributed by atoms with van der Waals surface area (Å²) < 4.78 is 83.7. The molecule has 0 aliphatic heterocycles. The van der Waals surface area contributed by atoms with Gasteiger partial charge in [-0.2, -0.15) is 13.2 Å². The molecule has 0 heterocycles. The van der Waals surface area contributed by atoms with Crippen molar-refractivity contribution in [2.45, 2.75) is 20.5 Å². The van der Waals surface area contributed by atoms with Gasteiger partial charge in [0, 0.05) is 21.1 Å². The van der Waals surface area contributed by atoms with Gasteiger partial charge in [0.1, 0.15) is 23.3 Å². The smallest absolute Gasteiger partial charge is 0.207 e. The number of benzene rings is 5. The van der Waals surface area contributed by atoms with Crippen LogP contribution >= 0.6 is 34.8 Å². The van der Waals surface area contributed by atoms with Gasteiger partial charge in [0.2, 0.25) is 0 Å². The second kappa shape index (κ2) is 21.2. The number of hydrogen-bond donors (Lipinski definition) is 0. The van der Waals surface area contributed by atoms with E-state index in [0.717, 1.165) is 18.2 Å². The lowest BCUT2D eigenvalue weighted by atomic mass is 10.1. The molecule has 0 spiro atoms. The number of rotatable bonds is 0. The summed E-state index contributed by atoms with van der Waals surface area (Å²) in [7, 11) is 0. The topological polar surface area (TPSA) is 0 Å². The minimum Gasteiger partial charge on any atom is -0.207 e. The van der Waals surface area contributed by atoms with Crippen molar-refractivity contribution in [3.8, 4) is 0 Å². The van der Waals surface area contributed by atoms with E-state index >= 15 is 0 Å². The van der Waals surface area contributed by atoms with Crippen molar-refractivity contribution in [1.82, 2.24) is 0 Å². The highest BCUT2D eigenvalue weighted by atomic mass is 35.5. The molecule has 0 nitrogen and oxygen atoms in total. The zero-order valence-corrected chi connectivity index (χ0v) is 24.2. The molecule has 230 valence electrons. The second-order valence-electron chi connectivity index (χ2n) is 7.98. The molecule has 0 saturated heterocycles. The second-order valence-corrected chi connectivity index (χ2v) is 9.29. The van der Waals surface area contributed by atoms with Crippen LogP contribution in [-0.4, -0.2) is 0 Å². The Morgan fingerprint density at radius 3 is 1.09 bits per heavy atom. The highest BCUT2D eigenvalue weighted by molar-refractivity contribution is 6.34. The van der Waals surface area contributed by atoms with E-state index in [4.69, 9.17) is 34.8 Å². The third-order valence-corrected chi connectivity index (χ3v) is 5.14. The first-order valence-electron chi connectivity index (χ1n) is 11.8. The molecular formula is C33H28Cl3F7. The lowest BCUT2D eigenvalue weighted by Gasteiger charge is -2.05. The third-order valence-electron chi connectivity index (χ3n) is 4.44. The summed E-state index contributed by atoms with van der Waals surface area (Å²) in [5.74, 6) is -1.55. The molecule has 0 aromatic heterocycles. The van der Waals surface area contributed by atoms with E-state index in [0.29, 0.717) is 20.6 Å². The predicted molar refractivity (Wildman–Crippen MR) is 164 cm³/mol. The Morgan fingerprint density at radius 1 is 0.442 bits per heavy atom. The van der Waals surface area contributed by atoms with E-state index in [1.807, 2.05) is 6.07 Å². The van der Waals surface area contributed by atoms with Gasteiger partial charge in [-0.1, -0.05) is 102 Å². The van der Waals surface area contributed by atoms with Crippen molar-refractivity contribution >= 4 is 34.8 Å². The Hall–Kier alpha value is -3.52. The van der Waals surface area contributed by atoms with Gasteiger partial charge in [-0.15, -0.1) is 0 Å². The van der Waals surface area contributed by atoms with Crippen molar-refractivity contribution < 1.29 is 30.7 Å². The molecule has 0 radical (unpaired) electrons. The summed E-state index contributed by atoms with van der Waals surface area (Å²) in [6.07, 6.45) is -4.22. The third kappa shape index (κ3) is 20.1. The van der Waals surface area contributed by atoms with Crippen molar-refractivity contribution in [3.05, 3.63) is 177 Å². The predicted octanol–water partition coefficient (Wildman–Crippen LogP) is 12.9. The van der Waals surface area contributed by atoms with E-state index in [9.17, 15) is 30.7 Å². The van der Waals surface area contributed by atoms with Crippen LogP contribution in [0.5, 0.6) is 0 Å². The molecule has 43 heavy (non-hydrogen) atoms. The van der Waals surface area contributed by atoms with Crippen molar-refractivity contribution in [2.24, 2.45) is 0 Å². The van der Waals surface area contributed by atoms with Crippen LogP contribution in [0.2, 0.25) is 15.1 Å². The van der Waals surface area contributed by atoms with Crippen LogP contribution in [0, 0.1) is 30.2 Å². The molecule has 0 fully saturated rings. The quantitative estimate of drug-likeness (QED) is 0.145.